The first-order valence-corrected chi connectivity index (χ1v) is 9.92. The minimum atomic E-state index is -0.142. The Hall–Kier alpha value is -3.48. The van der Waals surface area contributed by atoms with Crippen LogP contribution in [-0.2, 0) is 6.54 Å². The van der Waals surface area contributed by atoms with Crippen LogP contribution in [0.2, 0.25) is 0 Å². The lowest BCUT2D eigenvalue weighted by molar-refractivity contribution is 0.558. The molecule has 2 aromatic heterocycles. The number of hydrogen-bond donors (Lipinski definition) is 1. The van der Waals surface area contributed by atoms with Gasteiger partial charge in [-0.2, -0.15) is 5.10 Å². The normalized spacial score (nSPS) is 14.5. The highest BCUT2D eigenvalue weighted by Crippen LogP contribution is 2.27. The second-order valence-corrected chi connectivity index (χ2v) is 7.38. The van der Waals surface area contributed by atoms with E-state index in [2.05, 4.69) is 20.6 Å². The van der Waals surface area contributed by atoms with Crippen molar-refractivity contribution in [3.63, 3.8) is 0 Å². The molecule has 1 saturated carbocycles. The maximum Gasteiger partial charge on any atom is 0.316 e. The number of aromatic nitrogens is 4. The Morgan fingerprint density at radius 1 is 0.966 bits per heavy atom. The first-order chi connectivity index (χ1) is 14.3. The molecule has 1 fully saturated rings. The fraction of sp³-hybridized carbons (Fsp3) is 0.273. The first kappa shape index (κ1) is 17.6. The number of nitrogens with zero attached hydrogens (tertiary/aromatic N) is 4. The number of hydrogen-bond acceptors (Lipinski definition) is 6. The molecule has 4 aromatic rings. The van der Waals surface area contributed by atoms with Crippen LogP contribution in [0.25, 0.3) is 22.4 Å². The van der Waals surface area contributed by atoms with Gasteiger partial charge >= 0.3 is 6.01 Å². The van der Waals surface area contributed by atoms with Crippen LogP contribution in [0.5, 0.6) is 0 Å². The average molecular weight is 387 g/mol. The second-order valence-electron chi connectivity index (χ2n) is 7.38. The van der Waals surface area contributed by atoms with Crippen LogP contribution in [0.15, 0.2) is 63.8 Å². The minimum absolute atomic E-state index is 0.142. The molecular formula is C22H21N5O2. The fourth-order valence-electron chi connectivity index (χ4n) is 3.88. The number of benzene rings is 2. The zero-order valence-corrected chi connectivity index (χ0v) is 15.9. The van der Waals surface area contributed by atoms with Crippen LogP contribution in [0.3, 0.4) is 0 Å². The van der Waals surface area contributed by atoms with E-state index in [9.17, 15) is 4.79 Å². The summed E-state index contributed by atoms with van der Waals surface area (Å²) in [4.78, 5) is 13.0. The molecule has 5 rings (SSSR count). The summed E-state index contributed by atoms with van der Waals surface area (Å²) in [5, 5.41) is 17.5. The van der Waals surface area contributed by atoms with Gasteiger partial charge in [-0.3, -0.25) is 4.79 Å². The SMILES string of the molecule is O=c1c2ccccc2c(-c2nnc(NC3CCCC3)o2)nn1Cc1ccccc1. The van der Waals surface area contributed by atoms with Gasteiger partial charge in [0.15, 0.2) is 5.69 Å². The van der Waals surface area contributed by atoms with Gasteiger partial charge in [0.2, 0.25) is 0 Å². The summed E-state index contributed by atoms with van der Waals surface area (Å²) >= 11 is 0. The zero-order valence-electron chi connectivity index (χ0n) is 15.9. The zero-order chi connectivity index (χ0) is 19.6. The Kier molecular flexibility index (Phi) is 4.56. The molecule has 0 saturated heterocycles. The molecule has 1 N–H and O–H groups in total. The highest BCUT2D eigenvalue weighted by atomic mass is 16.4. The summed E-state index contributed by atoms with van der Waals surface area (Å²) in [6.07, 6.45) is 4.66. The van der Waals surface area contributed by atoms with Crippen molar-refractivity contribution in [2.24, 2.45) is 0 Å². The van der Waals surface area contributed by atoms with Crippen LogP contribution in [0.1, 0.15) is 31.2 Å². The highest BCUT2D eigenvalue weighted by molar-refractivity contribution is 5.91. The van der Waals surface area contributed by atoms with Gasteiger partial charge < -0.3 is 9.73 Å². The fourth-order valence-corrected chi connectivity index (χ4v) is 3.88. The van der Waals surface area contributed by atoms with Gasteiger partial charge in [-0.05, 0) is 24.5 Å². The molecule has 2 aromatic carbocycles. The smallest absolute Gasteiger partial charge is 0.316 e. The maximum atomic E-state index is 13.0. The van der Waals surface area contributed by atoms with E-state index in [-0.39, 0.29) is 5.56 Å². The number of nitrogens with one attached hydrogen (secondary N) is 1. The Morgan fingerprint density at radius 2 is 1.69 bits per heavy atom. The van der Waals surface area contributed by atoms with E-state index in [1.807, 2.05) is 48.5 Å². The van der Waals surface area contributed by atoms with E-state index < -0.39 is 0 Å². The predicted octanol–water partition coefficient (Wildman–Crippen LogP) is 3.85. The third-order valence-corrected chi connectivity index (χ3v) is 5.35. The third-order valence-electron chi connectivity index (χ3n) is 5.35. The molecule has 0 aliphatic heterocycles. The number of rotatable bonds is 5. The Bertz CT molecular complexity index is 1190. The molecular weight excluding hydrogens is 366 g/mol. The monoisotopic (exact) mass is 387 g/mol. The van der Waals surface area contributed by atoms with Gasteiger partial charge in [-0.1, -0.05) is 66.5 Å². The van der Waals surface area contributed by atoms with Crippen molar-refractivity contribution >= 4 is 16.8 Å². The van der Waals surface area contributed by atoms with Crippen LogP contribution in [-0.4, -0.2) is 26.0 Å². The van der Waals surface area contributed by atoms with Gasteiger partial charge in [0, 0.05) is 11.4 Å². The summed E-state index contributed by atoms with van der Waals surface area (Å²) < 4.78 is 7.33. The molecule has 2 heterocycles. The van der Waals surface area contributed by atoms with Gasteiger partial charge in [0.25, 0.3) is 11.4 Å². The lowest BCUT2D eigenvalue weighted by atomic mass is 10.1. The molecule has 0 spiro atoms. The van der Waals surface area contributed by atoms with Gasteiger partial charge in [-0.15, -0.1) is 5.10 Å². The summed E-state index contributed by atoms with van der Waals surface area (Å²) in [5.74, 6) is 0.309. The van der Waals surface area contributed by atoms with E-state index in [1.165, 1.54) is 17.5 Å². The average Bonchev–Trinajstić information content (AvgIpc) is 3.44. The molecule has 1 aliphatic rings. The standard InChI is InChI=1S/C22H21N5O2/c28-21-18-13-7-6-12-17(18)19(26-27(21)14-15-8-2-1-3-9-15)20-24-25-22(29-20)23-16-10-4-5-11-16/h1-3,6-9,12-13,16H,4-5,10-11,14H2,(H,23,25). The van der Waals surface area contributed by atoms with E-state index >= 15 is 0 Å². The molecule has 1 aliphatic carbocycles. The molecule has 146 valence electrons. The van der Waals surface area contributed by atoms with E-state index in [0.29, 0.717) is 41.0 Å². The van der Waals surface area contributed by atoms with Crippen molar-refractivity contribution in [3.05, 3.63) is 70.5 Å². The van der Waals surface area contributed by atoms with Crippen LogP contribution in [0, 0.1) is 0 Å². The predicted molar refractivity (Wildman–Crippen MR) is 111 cm³/mol. The third kappa shape index (κ3) is 3.51. The molecule has 0 bridgehead atoms. The summed E-state index contributed by atoms with van der Waals surface area (Å²) in [5.41, 5.74) is 1.37. The van der Waals surface area contributed by atoms with Gasteiger partial charge in [0.1, 0.15) is 0 Å². The quantitative estimate of drug-likeness (QED) is 0.560. The number of fused-ring (bicyclic) bond motifs is 1. The lowest BCUT2D eigenvalue weighted by Crippen LogP contribution is -2.24. The topological polar surface area (TPSA) is 85.8 Å². The summed E-state index contributed by atoms with van der Waals surface area (Å²) in [6.45, 7) is 0.374. The van der Waals surface area contributed by atoms with Crippen molar-refractivity contribution < 1.29 is 4.42 Å². The minimum Gasteiger partial charge on any atom is -0.402 e. The molecule has 0 amide bonds. The van der Waals surface area contributed by atoms with Crippen molar-refractivity contribution in [2.75, 3.05) is 5.32 Å². The van der Waals surface area contributed by atoms with Crippen molar-refractivity contribution in [2.45, 2.75) is 38.3 Å². The van der Waals surface area contributed by atoms with Crippen LogP contribution < -0.4 is 10.9 Å². The first-order valence-electron chi connectivity index (χ1n) is 9.92. The summed E-state index contributed by atoms with van der Waals surface area (Å²) in [7, 11) is 0. The van der Waals surface area contributed by atoms with Crippen LogP contribution >= 0.6 is 0 Å². The van der Waals surface area contributed by atoms with Gasteiger partial charge in [-0.25, -0.2) is 4.68 Å². The molecule has 29 heavy (non-hydrogen) atoms. The molecule has 0 atom stereocenters. The number of anilines is 1. The molecule has 0 unspecified atom stereocenters. The molecule has 7 heteroatoms. The van der Waals surface area contributed by atoms with Crippen molar-refractivity contribution in [1.29, 1.82) is 0 Å². The van der Waals surface area contributed by atoms with Gasteiger partial charge in [0.05, 0.1) is 11.9 Å². The Morgan fingerprint density at radius 3 is 2.48 bits per heavy atom. The lowest BCUT2D eigenvalue weighted by Gasteiger charge is -2.10. The van der Waals surface area contributed by atoms with E-state index in [0.717, 1.165) is 18.4 Å². The van der Waals surface area contributed by atoms with E-state index in [1.54, 1.807) is 6.07 Å². The Balaban J connectivity index is 1.57. The maximum absolute atomic E-state index is 13.0. The Labute approximate surface area is 167 Å². The van der Waals surface area contributed by atoms with Crippen LogP contribution in [0.4, 0.5) is 6.01 Å². The van der Waals surface area contributed by atoms with E-state index in [4.69, 9.17) is 4.42 Å². The largest absolute Gasteiger partial charge is 0.402 e. The molecule has 7 nitrogen and oxygen atoms in total. The van der Waals surface area contributed by atoms with Crippen molar-refractivity contribution in [1.82, 2.24) is 20.0 Å². The second kappa shape index (κ2) is 7.50. The highest BCUT2D eigenvalue weighted by Gasteiger charge is 2.20. The summed E-state index contributed by atoms with van der Waals surface area (Å²) in [6, 6.07) is 17.9. The van der Waals surface area contributed by atoms with Crippen molar-refractivity contribution in [3.8, 4) is 11.6 Å². The molecule has 0 radical (unpaired) electrons.